The lowest BCUT2D eigenvalue weighted by atomic mass is 10.0. The summed E-state index contributed by atoms with van der Waals surface area (Å²) in [6.45, 7) is 0. The Labute approximate surface area is 98.3 Å². The van der Waals surface area contributed by atoms with Gasteiger partial charge >= 0.3 is 5.97 Å². The van der Waals surface area contributed by atoms with Crippen LogP contribution in [-0.4, -0.2) is 20.2 Å². The van der Waals surface area contributed by atoms with Crippen molar-refractivity contribution < 1.29 is 14.3 Å². The number of carbonyl (C=O) groups excluding carboxylic acids is 1. The number of halogens is 1. The zero-order valence-electron chi connectivity index (χ0n) is 8.91. The highest BCUT2D eigenvalue weighted by Gasteiger charge is 2.17. The third-order valence-corrected chi connectivity index (χ3v) is 2.38. The molecule has 0 spiro atoms. The Morgan fingerprint density at radius 1 is 1.50 bits per heavy atom. The molecule has 1 aromatic carbocycles. The highest BCUT2D eigenvalue weighted by molar-refractivity contribution is 6.17. The van der Waals surface area contributed by atoms with E-state index in [9.17, 15) is 4.79 Å². The quantitative estimate of drug-likeness (QED) is 0.599. The highest BCUT2D eigenvalue weighted by atomic mass is 35.5. The lowest BCUT2D eigenvalue weighted by Gasteiger charge is -2.09. The van der Waals surface area contributed by atoms with Gasteiger partial charge in [-0.05, 0) is 17.7 Å². The van der Waals surface area contributed by atoms with Crippen molar-refractivity contribution in [1.82, 2.24) is 0 Å². The van der Waals surface area contributed by atoms with Crippen molar-refractivity contribution in [3.05, 3.63) is 28.8 Å². The van der Waals surface area contributed by atoms with E-state index in [4.69, 9.17) is 21.6 Å². The predicted molar refractivity (Wildman–Crippen MR) is 58.6 cm³/mol. The summed E-state index contributed by atoms with van der Waals surface area (Å²) in [6, 6.07) is 5.02. The van der Waals surface area contributed by atoms with E-state index in [0.29, 0.717) is 11.3 Å². The standard InChI is InChI=1S/C11H10ClNO3/c1-15-8-3-7(5-12)10(6-13)9(4-8)11(14)16-2/h3-4H,5H2,1-2H3. The van der Waals surface area contributed by atoms with E-state index in [0.717, 1.165) is 0 Å². The van der Waals surface area contributed by atoms with E-state index in [1.54, 1.807) is 6.07 Å². The van der Waals surface area contributed by atoms with E-state index in [2.05, 4.69) is 4.74 Å². The fourth-order valence-electron chi connectivity index (χ4n) is 1.30. The van der Waals surface area contributed by atoms with Crippen molar-refractivity contribution in [3.63, 3.8) is 0 Å². The van der Waals surface area contributed by atoms with Gasteiger partial charge in [-0.3, -0.25) is 0 Å². The number of nitriles is 1. The fraction of sp³-hybridized carbons (Fsp3) is 0.273. The summed E-state index contributed by atoms with van der Waals surface area (Å²) >= 11 is 5.70. The molecule has 0 fully saturated rings. The normalized spacial score (nSPS) is 9.38. The number of hydrogen-bond donors (Lipinski definition) is 0. The summed E-state index contributed by atoms with van der Waals surface area (Å²) < 4.78 is 9.60. The molecule has 0 radical (unpaired) electrons. The van der Waals surface area contributed by atoms with Crippen molar-refractivity contribution in [1.29, 1.82) is 5.26 Å². The van der Waals surface area contributed by atoms with Crippen LogP contribution in [0.25, 0.3) is 0 Å². The van der Waals surface area contributed by atoms with Crippen molar-refractivity contribution >= 4 is 17.6 Å². The molecule has 84 valence electrons. The SMILES string of the molecule is COC(=O)c1cc(OC)cc(CCl)c1C#N. The van der Waals surface area contributed by atoms with E-state index < -0.39 is 5.97 Å². The van der Waals surface area contributed by atoms with Crippen LogP contribution in [0.3, 0.4) is 0 Å². The van der Waals surface area contributed by atoms with Gasteiger partial charge in [-0.25, -0.2) is 4.79 Å². The second kappa shape index (κ2) is 5.38. The van der Waals surface area contributed by atoms with Crippen LogP contribution in [0, 0.1) is 11.3 Å². The monoisotopic (exact) mass is 239 g/mol. The lowest BCUT2D eigenvalue weighted by Crippen LogP contribution is -2.06. The Kier molecular flexibility index (Phi) is 4.15. The number of hydrogen-bond acceptors (Lipinski definition) is 4. The van der Waals surface area contributed by atoms with Crippen LogP contribution in [0.5, 0.6) is 5.75 Å². The average Bonchev–Trinajstić information content (AvgIpc) is 2.35. The van der Waals surface area contributed by atoms with E-state index in [1.165, 1.54) is 20.3 Å². The Morgan fingerprint density at radius 2 is 2.19 bits per heavy atom. The van der Waals surface area contributed by atoms with Crippen LogP contribution < -0.4 is 4.74 Å². The molecule has 0 saturated carbocycles. The molecule has 0 N–H and O–H groups in total. The number of nitrogens with zero attached hydrogens (tertiary/aromatic N) is 1. The molecule has 1 aromatic rings. The van der Waals surface area contributed by atoms with Gasteiger partial charge in [0.05, 0.1) is 25.3 Å². The smallest absolute Gasteiger partial charge is 0.339 e. The van der Waals surface area contributed by atoms with E-state index in [-0.39, 0.29) is 17.0 Å². The molecule has 1 rings (SSSR count). The van der Waals surface area contributed by atoms with Gasteiger partial charge in [0.2, 0.25) is 0 Å². The zero-order valence-corrected chi connectivity index (χ0v) is 9.67. The molecule has 0 aliphatic rings. The van der Waals surface area contributed by atoms with Gasteiger partial charge in [0.15, 0.2) is 0 Å². The summed E-state index contributed by atoms with van der Waals surface area (Å²) in [5.41, 5.74) is 0.937. The van der Waals surface area contributed by atoms with Crippen LogP contribution in [-0.2, 0) is 10.6 Å². The zero-order chi connectivity index (χ0) is 12.1. The summed E-state index contributed by atoms with van der Waals surface area (Å²) in [7, 11) is 2.73. The van der Waals surface area contributed by atoms with Crippen LogP contribution in [0.15, 0.2) is 12.1 Å². The molecule has 0 aliphatic heterocycles. The molecule has 0 bridgehead atoms. The third-order valence-electron chi connectivity index (χ3n) is 2.09. The number of esters is 1. The van der Waals surface area contributed by atoms with Crippen LogP contribution >= 0.6 is 11.6 Å². The molecule has 0 saturated heterocycles. The summed E-state index contributed by atoms with van der Waals surface area (Å²) in [5, 5.41) is 8.98. The average molecular weight is 240 g/mol. The highest BCUT2D eigenvalue weighted by Crippen LogP contribution is 2.24. The molecule has 0 amide bonds. The minimum Gasteiger partial charge on any atom is -0.497 e. The molecule has 4 nitrogen and oxygen atoms in total. The van der Waals surface area contributed by atoms with Gasteiger partial charge < -0.3 is 9.47 Å². The Bertz CT molecular complexity index is 451. The first-order valence-corrected chi connectivity index (χ1v) is 4.96. The third kappa shape index (κ3) is 2.26. The lowest BCUT2D eigenvalue weighted by molar-refractivity contribution is 0.0600. The van der Waals surface area contributed by atoms with Crippen LogP contribution in [0.1, 0.15) is 21.5 Å². The molecule has 16 heavy (non-hydrogen) atoms. The van der Waals surface area contributed by atoms with Crippen LogP contribution in [0.4, 0.5) is 0 Å². The van der Waals surface area contributed by atoms with Crippen LogP contribution in [0.2, 0.25) is 0 Å². The molecular weight excluding hydrogens is 230 g/mol. The van der Waals surface area contributed by atoms with Gasteiger partial charge in [-0.2, -0.15) is 5.26 Å². The van der Waals surface area contributed by atoms with Gasteiger partial charge in [-0.15, -0.1) is 11.6 Å². The van der Waals surface area contributed by atoms with Crippen molar-refractivity contribution in [2.45, 2.75) is 5.88 Å². The number of methoxy groups -OCH3 is 2. The Hall–Kier alpha value is -1.73. The van der Waals surface area contributed by atoms with Gasteiger partial charge in [0.1, 0.15) is 11.8 Å². The first kappa shape index (κ1) is 12.3. The fourth-order valence-corrected chi connectivity index (χ4v) is 1.51. The van der Waals surface area contributed by atoms with Gasteiger partial charge in [-0.1, -0.05) is 0 Å². The molecule has 5 heteroatoms. The summed E-state index contributed by atoms with van der Waals surface area (Å²) in [5.74, 6) is 0.0150. The molecule has 0 heterocycles. The van der Waals surface area contributed by atoms with E-state index >= 15 is 0 Å². The van der Waals surface area contributed by atoms with Crippen molar-refractivity contribution in [3.8, 4) is 11.8 Å². The Morgan fingerprint density at radius 3 is 2.62 bits per heavy atom. The largest absolute Gasteiger partial charge is 0.497 e. The molecule has 0 aromatic heterocycles. The number of alkyl halides is 1. The number of rotatable bonds is 3. The summed E-state index contributed by atoms with van der Waals surface area (Å²) in [6.07, 6.45) is 0. The van der Waals surface area contributed by atoms with Crippen molar-refractivity contribution in [2.75, 3.05) is 14.2 Å². The maximum atomic E-state index is 11.5. The minimum atomic E-state index is -0.582. The Balaban J connectivity index is 3.44. The van der Waals surface area contributed by atoms with Gasteiger partial charge in [0, 0.05) is 5.88 Å². The maximum Gasteiger partial charge on any atom is 0.339 e. The first-order chi connectivity index (χ1) is 7.67. The summed E-state index contributed by atoms with van der Waals surface area (Å²) in [4.78, 5) is 11.5. The number of carbonyl (C=O) groups is 1. The number of ether oxygens (including phenoxy) is 2. The molecule has 0 aliphatic carbocycles. The minimum absolute atomic E-state index is 0.129. The molecule has 0 unspecified atom stereocenters. The first-order valence-electron chi connectivity index (χ1n) is 4.43. The molecular formula is C11H10ClNO3. The maximum absolute atomic E-state index is 11.5. The second-order valence-corrected chi connectivity index (χ2v) is 3.21. The predicted octanol–water partition coefficient (Wildman–Crippen LogP) is 2.09. The second-order valence-electron chi connectivity index (χ2n) is 2.95. The van der Waals surface area contributed by atoms with Gasteiger partial charge in [0.25, 0.3) is 0 Å². The number of benzene rings is 1. The molecule has 0 atom stereocenters. The van der Waals surface area contributed by atoms with E-state index in [1.807, 2.05) is 6.07 Å². The van der Waals surface area contributed by atoms with Crippen molar-refractivity contribution in [2.24, 2.45) is 0 Å². The topological polar surface area (TPSA) is 59.3 Å².